The standard InChI is InChI=1S/C13H21N3O2S/c1-9(11(8-17)19-2)15-13(18)10-3-5-16-6-4-14-12(16)7-10/h4,6,9-11,17H,3,5,7-8H2,1-2H3,(H,15,18). The van der Waals surface area contributed by atoms with E-state index in [0.29, 0.717) is 6.42 Å². The number of amides is 1. The molecule has 0 bridgehead atoms. The summed E-state index contributed by atoms with van der Waals surface area (Å²) in [4.78, 5) is 16.5. The Morgan fingerprint density at radius 2 is 2.53 bits per heavy atom. The van der Waals surface area contributed by atoms with Crippen LogP contribution in [0.1, 0.15) is 19.2 Å². The fourth-order valence-corrected chi connectivity index (χ4v) is 3.07. The zero-order chi connectivity index (χ0) is 13.8. The summed E-state index contributed by atoms with van der Waals surface area (Å²) < 4.78 is 2.10. The van der Waals surface area contributed by atoms with Crippen molar-refractivity contribution < 1.29 is 9.90 Å². The van der Waals surface area contributed by atoms with Crippen LogP contribution < -0.4 is 5.32 Å². The van der Waals surface area contributed by atoms with Crippen molar-refractivity contribution in [2.24, 2.45) is 5.92 Å². The smallest absolute Gasteiger partial charge is 0.223 e. The van der Waals surface area contributed by atoms with Crippen LogP contribution in [0.25, 0.3) is 0 Å². The molecule has 0 saturated heterocycles. The Hall–Kier alpha value is -1.01. The van der Waals surface area contributed by atoms with E-state index in [9.17, 15) is 9.90 Å². The highest BCUT2D eigenvalue weighted by Gasteiger charge is 2.27. The molecule has 3 unspecified atom stereocenters. The first-order chi connectivity index (χ1) is 9.15. The van der Waals surface area contributed by atoms with Crippen molar-refractivity contribution >= 4 is 17.7 Å². The number of nitrogens with zero attached hydrogens (tertiary/aromatic N) is 2. The van der Waals surface area contributed by atoms with Crippen LogP contribution in [-0.2, 0) is 17.8 Å². The fraction of sp³-hybridized carbons (Fsp3) is 0.692. The van der Waals surface area contributed by atoms with Gasteiger partial charge in [0.15, 0.2) is 0 Å². The summed E-state index contributed by atoms with van der Waals surface area (Å²) in [6, 6.07) is -0.0193. The maximum Gasteiger partial charge on any atom is 0.223 e. The van der Waals surface area contributed by atoms with Gasteiger partial charge >= 0.3 is 0 Å². The lowest BCUT2D eigenvalue weighted by Crippen LogP contribution is -2.45. The van der Waals surface area contributed by atoms with Gasteiger partial charge in [-0.05, 0) is 19.6 Å². The van der Waals surface area contributed by atoms with Crippen LogP contribution in [0.5, 0.6) is 0 Å². The number of aromatic nitrogens is 2. The second-order valence-corrected chi connectivity index (χ2v) is 6.06. The molecule has 3 atom stereocenters. The Balaban J connectivity index is 1.91. The van der Waals surface area contributed by atoms with Crippen LogP contribution >= 0.6 is 11.8 Å². The van der Waals surface area contributed by atoms with Gasteiger partial charge in [0, 0.05) is 42.6 Å². The maximum absolute atomic E-state index is 12.2. The molecule has 1 aliphatic heterocycles. The summed E-state index contributed by atoms with van der Waals surface area (Å²) in [5.74, 6) is 1.07. The first-order valence-corrected chi connectivity index (χ1v) is 7.88. The highest BCUT2D eigenvalue weighted by atomic mass is 32.2. The second kappa shape index (κ2) is 6.43. The van der Waals surface area contributed by atoms with E-state index in [1.54, 1.807) is 18.0 Å². The van der Waals surface area contributed by atoms with E-state index in [0.717, 1.165) is 18.8 Å². The molecule has 6 heteroatoms. The summed E-state index contributed by atoms with van der Waals surface area (Å²) in [7, 11) is 0. The molecule has 0 fully saturated rings. The monoisotopic (exact) mass is 283 g/mol. The molecule has 2 N–H and O–H groups in total. The van der Waals surface area contributed by atoms with Crippen molar-refractivity contribution in [3.63, 3.8) is 0 Å². The average Bonchev–Trinajstić information content (AvgIpc) is 2.87. The number of carbonyl (C=O) groups excluding carboxylic acids is 1. The number of aryl methyl sites for hydroxylation is 1. The van der Waals surface area contributed by atoms with Gasteiger partial charge in [0.05, 0.1) is 6.61 Å². The summed E-state index contributed by atoms with van der Waals surface area (Å²) in [5, 5.41) is 12.3. The number of aliphatic hydroxyl groups is 1. The van der Waals surface area contributed by atoms with Crippen LogP contribution in [-0.4, -0.2) is 44.7 Å². The number of hydrogen-bond donors (Lipinski definition) is 2. The van der Waals surface area contributed by atoms with Gasteiger partial charge in [-0.25, -0.2) is 4.98 Å². The first kappa shape index (κ1) is 14.4. The molecular formula is C13H21N3O2S. The van der Waals surface area contributed by atoms with Gasteiger partial charge in [0.2, 0.25) is 5.91 Å². The van der Waals surface area contributed by atoms with E-state index in [-0.39, 0.29) is 29.7 Å². The molecule has 19 heavy (non-hydrogen) atoms. The zero-order valence-corrected chi connectivity index (χ0v) is 12.2. The molecule has 0 spiro atoms. The molecule has 1 aliphatic rings. The minimum Gasteiger partial charge on any atom is -0.395 e. The fourth-order valence-electron chi connectivity index (χ4n) is 2.45. The highest BCUT2D eigenvalue weighted by Crippen LogP contribution is 2.20. The first-order valence-electron chi connectivity index (χ1n) is 6.59. The lowest BCUT2D eigenvalue weighted by Gasteiger charge is -2.26. The highest BCUT2D eigenvalue weighted by molar-refractivity contribution is 7.99. The van der Waals surface area contributed by atoms with E-state index in [2.05, 4.69) is 14.9 Å². The lowest BCUT2D eigenvalue weighted by atomic mass is 9.96. The molecule has 5 nitrogen and oxygen atoms in total. The lowest BCUT2D eigenvalue weighted by molar-refractivity contribution is -0.126. The summed E-state index contributed by atoms with van der Waals surface area (Å²) in [5.41, 5.74) is 0. The Morgan fingerprint density at radius 3 is 3.21 bits per heavy atom. The number of imidazole rings is 1. The molecule has 2 heterocycles. The van der Waals surface area contributed by atoms with Gasteiger partial charge < -0.3 is 15.0 Å². The Labute approximate surface area is 117 Å². The number of hydrogen-bond acceptors (Lipinski definition) is 4. The van der Waals surface area contributed by atoms with Crippen LogP contribution in [0.2, 0.25) is 0 Å². The van der Waals surface area contributed by atoms with Gasteiger partial charge in [-0.2, -0.15) is 11.8 Å². The van der Waals surface area contributed by atoms with Gasteiger partial charge in [-0.1, -0.05) is 0 Å². The average molecular weight is 283 g/mol. The van der Waals surface area contributed by atoms with E-state index in [4.69, 9.17) is 0 Å². The number of aliphatic hydroxyl groups excluding tert-OH is 1. The summed E-state index contributed by atoms with van der Waals surface area (Å²) in [6.07, 6.45) is 7.25. The number of rotatable bonds is 5. The topological polar surface area (TPSA) is 67.2 Å². The molecule has 106 valence electrons. The number of thioether (sulfide) groups is 1. The number of nitrogens with one attached hydrogen (secondary N) is 1. The third-order valence-electron chi connectivity index (χ3n) is 3.73. The van der Waals surface area contributed by atoms with Crippen molar-refractivity contribution in [2.45, 2.75) is 37.6 Å². The van der Waals surface area contributed by atoms with Crippen LogP contribution in [0, 0.1) is 5.92 Å². The van der Waals surface area contributed by atoms with Crippen molar-refractivity contribution in [3.05, 3.63) is 18.2 Å². The third kappa shape index (κ3) is 3.30. The third-order valence-corrected chi connectivity index (χ3v) is 4.89. The molecule has 0 aromatic carbocycles. The van der Waals surface area contributed by atoms with Gasteiger partial charge in [0.1, 0.15) is 5.82 Å². The SMILES string of the molecule is CSC(CO)C(C)NC(=O)C1CCn2ccnc2C1. The predicted octanol–water partition coefficient (Wildman–Crippen LogP) is 0.674. The van der Waals surface area contributed by atoms with E-state index < -0.39 is 0 Å². The number of fused-ring (bicyclic) bond motifs is 1. The van der Waals surface area contributed by atoms with Gasteiger partial charge in [-0.15, -0.1) is 0 Å². The van der Waals surface area contributed by atoms with E-state index in [1.165, 1.54) is 0 Å². The number of carbonyl (C=O) groups is 1. The molecule has 2 rings (SSSR count). The maximum atomic E-state index is 12.2. The van der Waals surface area contributed by atoms with E-state index >= 15 is 0 Å². The molecule has 0 radical (unpaired) electrons. The largest absolute Gasteiger partial charge is 0.395 e. The molecule has 0 aliphatic carbocycles. The van der Waals surface area contributed by atoms with Crippen LogP contribution in [0.4, 0.5) is 0 Å². The molecule has 1 aromatic heterocycles. The Bertz CT molecular complexity index is 431. The van der Waals surface area contributed by atoms with Crippen LogP contribution in [0.3, 0.4) is 0 Å². The summed E-state index contributed by atoms with van der Waals surface area (Å²) in [6.45, 7) is 2.88. The zero-order valence-electron chi connectivity index (χ0n) is 11.4. The van der Waals surface area contributed by atoms with Gasteiger partial charge in [-0.3, -0.25) is 4.79 Å². The summed E-state index contributed by atoms with van der Waals surface area (Å²) >= 11 is 1.58. The quantitative estimate of drug-likeness (QED) is 0.834. The van der Waals surface area contributed by atoms with Crippen LogP contribution in [0.15, 0.2) is 12.4 Å². The molecular weight excluding hydrogens is 262 g/mol. The van der Waals surface area contributed by atoms with E-state index in [1.807, 2.05) is 19.4 Å². The molecule has 1 aromatic rings. The molecule has 1 amide bonds. The van der Waals surface area contributed by atoms with Crippen molar-refractivity contribution in [2.75, 3.05) is 12.9 Å². The Kier molecular flexibility index (Phi) is 4.87. The normalized spacial score (nSPS) is 21.5. The second-order valence-electron chi connectivity index (χ2n) is 4.98. The van der Waals surface area contributed by atoms with Gasteiger partial charge in [0.25, 0.3) is 0 Å². The predicted molar refractivity (Wildman–Crippen MR) is 76.0 cm³/mol. The van der Waals surface area contributed by atoms with Crippen molar-refractivity contribution in [1.82, 2.24) is 14.9 Å². The molecule has 0 saturated carbocycles. The minimum absolute atomic E-state index is 0.00134. The van der Waals surface area contributed by atoms with Crippen molar-refractivity contribution in [3.8, 4) is 0 Å². The minimum atomic E-state index is -0.0193. The van der Waals surface area contributed by atoms with Crippen molar-refractivity contribution in [1.29, 1.82) is 0 Å². The Morgan fingerprint density at radius 1 is 1.74 bits per heavy atom.